The highest BCUT2D eigenvalue weighted by Crippen LogP contribution is 2.33. The van der Waals surface area contributed by atoms with E-state index in [-0.39, 0.29) is 11.5 Å². The highest BCUT2D eigenvalue weighted by molar-refractivity contribution is 5.75. The summed E-state index contributed by atoms with van der Waals surface area (Å²) in [6.45, 7) is 0. The molecule has 132 valence electrons. The molecule has 4 rings (SSSR count). The number of aldehydes is 1. The van der Waals surface area contributed by atoms with E-state index in [1.54, 1.807) is 77.5 Å². The van der Waals surface area contributed by atoms with Gasteiger partial charge in [-0.1, -0.05) is 24.3 Å². The summed E-state index contributed by atoms with van der Waals surface area (Å²) in [5.74, 6) is 0.880. The van der Waals surface area contributed by atoms with Gasteiger partial charge in [0, 0.05) is 5.56 Å². The third-order valence-corrected chi connectivity index (χ3v) is 4.17. The lowest BCUT2D eigenvalue weighted by molar-refractivity contribution is 0.112. The molecule has 0 radical (unpaired) electrons. The van der Waals surface area contributed by atoms with Crippen LogP contribution >= 0.6 is 0 Å². The summed E-state index contributed by atoms with van der Waals surface area (Å²) >= 11 is 0. The van der Waals surface area contributed by atoms with E-state index in [0.29, 0.717) is 34.0 Å². The molecule has 4 aromatic rings. The molecule has 3 aromatic carbocycles. The Kier molecular flexibility index (Phi) is 4.14. The number of para-hydroxylation sites is 2. The highest BCUT2D eigenvalue weighted by Gasteiger charge is 2.18. The van der Waals surface area contributed by atoms with Crippen molar-refractivity contribution in [1.29, 1.82) is 0 Å². The maximum atomic E-state index is 10.9. The molecule has 2 N–H and O–H groups in total. The van der Waals surface area contributed by atoms with Crippen LogP contribution in [0.5, 0.6) is 11.5 Å². The van der Waals surface area contributed by atoms with E-state index in [0.717, 1.165) is 6.29 Å². The predicted octanol–water partition coefficient (Wildman–Crippen LogP) is 3.83. The number of nitrogens with zero attached hydrogens (tertiary/aromatic N) is 3. The topological polar surface area (TPSA) is 88.2 Å². The second kappa shape index (κ2) is 6.76. The summed E-state index contributed by atoms with van der Waals surface area (Å²) < 4.78 is 1.57. The molecule has 0 atom stereocenters. The van der Waals surface area contributed by atoms with E-state index >= 15 is 0 Å². The zero-order valence-electron chi connectivity index (χ0n) is 14.1. The van der Waals surface area contributed by atoms with Crippen LogP contribution in [0.1, 0.15) is 10.4 Å². The smallest absolute Gasteiger partial charge is 0.185 e. The number of hydrogen-bond donors (Lipinski definition) is 2. The SMILES string of the molecule is O=Cc1ccc(-n2nc(-c3ccccc3O)nc2-c2ccccc2O)cc1. The maximum Gasteiger partial charge on any atom is 0.185 e. The van der Waals surface area contributed by atoms with Crippen LogP contribution in [-0.4, -0.2) is 31.3 Å². The van der Waals surface area contributed by atoms with Crippen molar-refractivity contribution < 1.29 is 15.0 Å². The Bertz CT molecular complexity index is 1120. The molecule has 0 aliphatic carbocycles. The molecule has 27 heavy (non-hydrogen) atoms. The van der Waals surface area contributed by atoms with Crippen molar-refractivity contribution in [3.63, 3.8) is 0 Å². The Morgan fingerprint density at radius 3 is 1.96 bits per heavy atom. The van der Waals surface area contributed by atoms with Gasteiger partial charge in [-0.05, 0) is 48.5 Å². The van der Waals surface area contributed by atoms with Crippen LogP contribution in [0.3, 0.4) is 0 Å². The number of hydrogen-bond acceptors (Lipinski definition) is 5. The number of carbonyl (C=O) groups is 1. The first-order chi connectivity index (χ1) is 13.2. The number of rotatable bonds is 4. The van der Waals surface area contributed by atoms with Crippen molar-refractivity contribution in [2.75, 3.05) is 0 Å². The molecule has 6 nitrogen and oxygen atoms in total. The van der Waals surface area contributed by atoms with Gasteiger partial charge in [0.1, 0.15) is 17.8 Å². The lowest BCUT2D eigenvalue weighted by Gasteiger charge is -2.07. The fraction of sp³-hybridized carbons (Fsp3) is 0. The molecule has 0 saturated heterocycles. The van der Waals surface area contributed by atoms with E-state index in [4.69, 9.17) is 0 Å². The van der Waals surface area contributed by atoms with Crippen molar-refractivity contribution >= 4 is 6.29 Å². The minimum atomic E-state index is 0.0646. The minimum absolute atomic E-state index is 0.0646. The molecule has 1 heterocycles. The van der Waals surface area contributed by atoms with Crippen LogP contribution in [0.4, 0.5) is 0 Å². The monoisotopic (exact) mass is 357 g/mol. The zero-order chi connectivity index (χ0) is 18.8. The van der Waals surface area contributed by atoms with E-state index in [9.17, 15) is 15.0 Å². The number of benzene rings is 3. The zero-order valence-corrected chi connectivity index (χ0v) is 14.1. The summed E-state index contributed by atoms with van der Waals surface area (Å²) in [7, 11) is 0. The van der Waals surface area contributed by atoms with Gasteiger partial charge in [-0.25, -0.2) is 9.67 Å². The van der Waals surface area contributed by atoms with Crippen molar-refractivity contribution in [2.45, 2.75) is 0 Å². The molecule has 0 spiro atoms. The van der Waals surface area contributed by atoms with E-state index in [1.165, 1.54) is 0 Å². The highest BCUT2D eigenvalue weighted by atomic mass is 16.3. The van der Waals surface area contributed by atoms with Crippen LogP contribution in [0.15, 0.2) is 72.8 Å². The first kappa shape index (κ1) is 16.5. The summed E-state index contributed by atoms with van der Waals surface area (Å²) in [6.07, 6.45) is 0.766. The van der Waals surface area contributed by atoms with Crippen LogP contribution in [-0.2, 0) is 0 Å². The molecule has 0 fully saturated rings. The molecular formula is C21H15N3O3. The Labute approximate surface area is 155 Å². The van der Waals surface area contributed by atoms with Gasteiger partial charge in [0.05, 0.1) is 16.8 Å². The lowest BCUT2D eigenvalue weighted by Crippen LogP contribution is -2.00. The molecule has 0 saturated carbocycles. The molecule has 6 heteroatoms. The first-order valence-electron chi connectivity index (χ1n) is 8.27. The van der Waals surface area contributed by atoms with E-state index < -0.39 is 0 Å². The second-order valence-corrected chi connectivity index (χ2v) is 5.91. The van der Waals surface area contributed by atoms with Crippen LogP contribution in [0, 0.1) is 0 Å². The average Bonchev–Trinajstić information content (AvgIpc) is 3.13. The van der Waals surface area contributed by atoms with Gasteiger partial charge in [-0.3, -0.25) is 4.79 Å². The fourth-order valence-electron chi connectivity index (χ4n) is 2.80. The van der Waals surface area contributed by atoms with Gasteiger partial charge in [0.15, 0.2) is 11.6 Å². The van der Waals surface area contributed by atoms with Crippen LogP contribution in [0.2, 0.25) is 0 Å². The Balaban J connectivity index is 1.94. The minimum Gasteiger partial charge on any atom is -0.507 e. The normalized spacial score (nSPS) is 10.7. The second-order valence-electron chi connectivity index (χ2n) is 5.91. The number of carbonyl (C=O) groups excluding carboxylic acids is 1. The van der Waals surface area contributed by atoms with E-state index in [1.807, 2.05) is 0 Å². The molecule has 0 aliphatic heterocycles. The molecular weight excluding hydrogens is 342 g/mol. The third kappa shape index (κ3) is 3.04. The van der Waals surface area contributed by atoms with Crippen molar-refractivity contribution in [1.82, 2.24) is 14.8 Å². The quantitative estimate of drug-likeness (QED) is 0.542. The van der Waals surface area contributed by atoms with Crippen LogP contribution in [0.25, 0.3) is 28.5 Å². The predicted molar refractivity (Wildman–Crippen MR) is 101 cm³/mol. The largest absolute Gasteiger partial charge is 0.507 e. The molecule has 1 aromatic heterocycles. The lowest BCUT2D eigenvalue weighted by atomic mass is 10.1. The standard InChI is InChI=1S/C21H15N3O3/c25-13-14-9-11-15(12-10-14)24-21(17-6-2-4-8-19(17)27)22-20(23-24)16-5-1-3-7-18(16)26/h1-13,26-27H. The number of phenolic OH excluding ortho intramolecular Hbond substituents is 2. The fourth-order valence-corrected chi connectivity index (χ4v) is 2.80. The summed E-state index contributed by atoms with van der Waals surface area (Å²) in [5.41, 5.74) is 2.21. The van der Waals surface area contributed by atoms with Gasteiger partial charge >= 0.3 is 0 Å². The third-order valence-electron chi connectivity index (χ3n) is 4.17. The summed E-state index contributed by atoms with van der Waals surface area (Å²) in [6, 6.07) is 20.5. The van der Waals surface area contributed by atoms with E-state index in [2.05, 4.69) is 10.1 Å². The van der Waals surface area contributed by atoms with Gasteiger partial charge in [-0.15, -0.1) is 5.10 Å². The summed E-state index contributed by atoms with van der Waals surface area (Å²) in [5, 5.41) is 25.0. The van der Waals surface area contributed by atoms with Crippen molar-refractivity contribution in [2.24, 2.45) is 0 Å². The van der Waals surface area contributed by atoms with Crippen LogP contribution < -0.4 is 0 Å². The number of phenols is 2. The van der Waals surface area contributed by atoms with Crippen molar-refractivity contribution in [3.05, 3.63) is 78.4 Å². The first-order valence-corrected chi connectivity index (χ1v) is 8.27. The van der Waals surface area contributed by atoms with Gasteiger partial charge in [-0.2, -0.15) is 0 Å². The van der Waals surface area contributed by atoms with Gasteiger partial charge in [0.25, 0.3) is 0 Å². The Morgan fingerprint density at radius 2 is 1.37 bits per heavy atom. The van der Waals surface area contributed by atoms with Crippen molar-refractivity contribution in [3.8, 4) is 40.0 Å². The number of aromatic nitrogens is 3. The molecule has 0 unspecified atom stereocenters. The molecule has 0 aliphatic rings. The van der Waals surface area contributed by atoms with Gasteiger partial charge < -0.3 is 10.2 Å². The summed E-state index contributed by atoms with van der Waals surface area (Å²) in [4.78, 5) is 15.5. The van der Waals surface area contributed by atoms with Gasteiger partial charge in [0.2, 0.25) is 0 Å². The Morgan fingerprint density at radius 1 is 0.778 bits per heavy atom. The number of aromatic hydroxyl groups is 2. The average molecular weight is 357 g/mol. The molecule has 0 amide bonds. The Hall–Kier alpha value is -3.93. The molecule has 0 bridgehead atoms. The maximum absolute atomic E-state index is 10.9.